The number of carbonyl (C=O) groups excluding carboxylic acids is 1. The lowest BCUT2D eigenvalue weighted by atomic mass is 10.1. The third-order valence-electron chi connectivity index (χ3n) is 6.62. The molecule has 0 saturated carbocycles. The van der Waals surface area contributed by atoms with Crippen LogP contribution in [0.25, 0.3) is 34.3 Å². The number of ether oxygens (including phenoxy) is 2. The zero-order chi connectivity index (χ0) is 26.4. The van der Waals surface area contributed by atoms with E-state index in [4.69, 9.17) is 14.5 Å². The zero-order valence-corrected chi connectivity index (χ0v) is 22.3. The fourth-order valence-corrected chi connectivity index (χ4v) is 4.85. The topological polar surface area (TPSA) is 116 Å². The standard InChI is InChI=1S/C26H32N8O3/c1-8-36-25-18-9-10-20-19-11-21(27-16(4)24(19)29-28-20)23-15(3)30-33(7)26(23)37-14(2)12-34(17(5)35)13-22(18)32(6)31-25/h9-11,14H,8,12-13H2,1-7H3,(H,28,29)/b10-9+/t14-/m0/s1. The van der Waals surface area contributed by atoms with Gasteiger partial charge in [-0.1, -0.05) is 0 Å². The van der Waals surface area contributed by atoms with Gasteiger partial charge in [0, 0.05) is 26.4 Å². The fourth-order valence-electron chi connectivity index (χ4n) is 4.85. The van der Waals surface area contributed by atoms with Crippen molar-refractivity contribution in [1.82, 2.24) is 39.6 Å². The summed E-state index contributed by atoms with van der Waals surface area (Å²) in [4.78, 5) is 19.3. The monoisotopic (exact) mass is 504 g/mol. The third kappa shape index (κ3) is 4.34. The number of aromatic amines is 1. The van der Waals surface area contributed by atoms with Gasteiger partial charge >= 0.3 is 0 Å². The molecule has 0 spiro atoms. The van der Waals surface area contributed by atoms with Gasteiger partial charge in [0.1, 0.15) is 11.6 Å². The maximum atomic E-state index is 12.7. The van der Waals surface area contributed by atoms with Gasteiger partial charge in [0.15, 0.2) is 0 Å². The molecule has 0 unspecified atom stereocenters. The van der Waals surface area contributed by atoms with Crippen molar-refractivity contribution in [3.05, 3.63) is 34.4 Å². The van der Waals surface area contributed by atoms with E-state index >= 15 is 0 Å². The molecule has 11 heteroatoms. The number of aromatic nitrogens is 7. The minimum absolute atomic E-state index is 0.0607. The van der Waals surface area contributed by atoms with Crippen LogP contribution >= 0.6 is 0 Å². The van der Waals surface area contributed by atoms with Crippen molar-refractivity contribution in [1.29, 1.82) is 0 Å². The van der Waals surface area contributed by atoms with Crippen molar-refractivity contribution < 1.29 is 14.3 Å². The first-order valence-electron chi connectivity index (χ1n) is 12.4. The Morgan fingerprint density at radius 2 is 1.97 bits per heavy atom. The highest BCUT2D eigenvalue weighted by molar-refractivity contribution is 5.93. The lowest BCUT2D eigenvalue weighted by Crippen LogP contribution is -2.37. The molecule has 1 atom stereocenters. The van der Waals surface area contributed by atoms with Crippen LogP contribution in [-0.2, 0) is 25.4 Å². The van der Waals surface area contributed by atoms with Crippen LogP contribution in [0.1, 0.15) is 49.1 Å². The molecule has 0 radical (unpaired) electrons. The van der Waals surface area contributed by atoms with Gasteiger partial charge in [-0.3, -0.25) is 19.6 Å². The van der Waals surface area contributed by atoms with E-state index in [9.17, 15) is 4.79 Å². The normalized spacial score (nSPS) is 16.6. The van der Waals surface area contributed by atoms with E-state index in [1.807, 2.05) is 60.0 Å². The molecule has 4 aromatic rings. The Balaban J connectivity index is 1.76. The van der Waals surface area contributed by atoms with Gasteiger partial charge in [-0.2, -0.15) is 10.2 Å². The van der Waals surface area contributed by atoms with Gasteiger partial charge in [-0.05, 0) is 45.9 Å². The number of amides is 1. The third-order valence-corrected chi connectivity index (χ3v) is 6.62. The number of aryl methyl sites for hydroxylation is 4. The molecule has 194 valence electrons. The molecule has 5 heterocycles. The molecule has 1 aliphatic rings. The summed E-state index contributed by atoms with van der Waals surface area (Å²) in [6.45, 7) is 10.5. The van der Waals surface area contributed by atoms with Crippen LogP contribution in [0.3, 0.4) is 0 Å². The van der Waals surface area contributed by atoms with Gasteiger partial charge in [-0.25, -0.2) is 4.68 Å². The van der Waals surface area contributed by atoms with Crippen LogP contribution in [0.5, 0.6) is 11.8 Å². The minimum Gasteiger partial charge on any atom is -0.476 e. The Morgan fingerprint density at radius 1 is 1.19 bits per heavy atom. The highest BCUT2D eigenvalue weighted by Gasteiger charge is 2.25. The second kappa shape index (κ2) is 9.38. The molecule has 0 aliphatic carbocycles. The number of fused-ring (bicyclic) bond motifs is 4. The van der Waals surface area contributed by atoms with E-state index < -0.39 is 0 Å². The number of hydrogen-bond donors (Lipinski definition) is 1. The molecule has 0 aromatic carbocycles. The van der Waals surface area contributed by atoms with Crippen LogP contribution in [-0.4, -0.2) is 64.8 Å². The zero-order valence-electron chi connectivity index (χ0n) is 22.3. The number of nitrogens with one attached hydrogen (secondary N) is 1. The smallest absolute Gasteiger partial charge is 0.240 e. The predicted octanol–water partition coefficient (Wildman–Crippen LogP) is 3.41. The number of pyridine rings is 1. The van der Waals surface area contributed by atoms with Gasteiger partial charge in [0.25, 0.3) is 0 Å². The van der Waals surface area contributed by atoms with Crippen LogP contribution in [0, 0.1) is 13.8 Å². The van der Waals surface area contributed by atoms with E-state index in [1.165, 1.54) is 0 Å². The highest BCUT2D eigenvalue weighted by atomic mass is 16.5. The molecule has 1 aliphatic heterocycles. The molecule has 4 aromatic heterocycles. The van der Waals surface area contributed by atoms with Gasteiger partial charge in [0.05, 0.1) is 59.3 Å². The Hall–Kier alpha value is -4.15. The number of carbonyl (C=O) groups is 1. The number of rotatable bonds is 2. The van der Waals surface area contributed by atoms with Gasteiger partial charge < -0.3 is 14.4 Å². The van der Waals surface area contributed by atoms with Gasteiger partial charge in [0.2, 0.25) is 17.7 Å². The first-order chi connectivity index (χ1) is 17.7. The summed E-state index contributed by atoms with van der Waals surface area (Å²) < 4.78 is 15.8. The van der Waals surface area contributed by atoms with E-state index in [2.05, 4.69) is 20.4 Å². The average Bonchev–Trinajstić information content (AvgIpc) is 3.45. The summed E-state index contributed by atoms with van der Waals surface area (Å²) in [7, 11) is 3.71. The van der Waals surface area contributed by atoms with Crippen LogP contribution in [0.15, 0.2) is 6.07 Å². The fraction of sp³-hybridized carbons (Fsp3) is 0.423. The Labute approximate surface area is 215 Å². The summed E-state index contributed by atoms with van der Waals surface area (Å²) in [5.74, 6) is 1.06. The molecule has 5 rings (SSSR count). The Morgan fingerprint density at radius 3 is 2.70 bits per heavy atom. The van der Waals surface area contributed by atoms with Crippen LogP contribution < -0.4 is 9.47 Å². The summed E-state index contributed by atoms with van der Waals surface area (Å²) in [5, 5.41) is 17.8. The SMILES string of the molecule is CCOc1nn(C)c2c1/C=C/c1[nH]nc3c(C)nc(cc13)-c1c(C)nn(C)c1O[C@@H](C)CN(C(C)=O)C2. The summed E-state index contributed by atoms with van der Waals surface area (Å²) in [6, 6.07) is 2.02. The number of H-pyrrole nitrogens is 1. The first-order valence-corrected chi connectivity index (χ1v) is 12.4. The van der Waals surface area contributed by atoms with Crippen LogP contribution in [0.4, 0.5) is 0 Å². The van der Waals surface area contributed by atoms with E-state index in [0.717, 1.165) is 50.5 Å². The van der Waals surface area contributed by atoms with Crippen molar-refractivity contribution >= 4 is 29.0 Å². The summed E-state index contributed by atoms with van der Waals surface area (Å²) in [5.41, 5.74) is 6.49. The maximum absolute atomic E-state index is 12.7. The van der Waals surface area contributed by atoms with E-state index in [1.54, 1.807) is 21.2 Å². The molecule has 37 heavy (non-hydrogen) atoms. The summed E-state index contributed by atoms with van der Waals surface area (Å²) >= 11 is 0. The molecular formula is C26H32N8O3. The largest absolute Gasteiger partial charge is 0.476 e. The second-order valence-corrected chi connectivity index (χ2v) is 9.40. The van der Waals surface area contributed by atoms with E-state index in [0.29, 0.717) is 31.5 Å². The van der Waals surface area contributed by atoms with Crippen molar-refractivity contribution in [3.63, 3.8) is 0 Å². The highest BCUT2D eigenvalue weighted by Crippen LogP contribution is 2.36. The number of nitrogens with zero attached hydrogens (tertiary/aromatic N) is 7. The predicted molar refractivity (Wildman–Crippen MR) is 140 cm³/mol. The molecule has 11 nitrogen and oxygen atoms in total. The Bertz CT molecular complexity index is 1530. The van der Waals surface area contributed by atoms with Gasteiger partial charge in [-0.15, -0.1) is 5.10 Å². The van der Waals surface area contributed by atoms with E-state index in [-0.39, 0.29) is 12.0 Å². The second-order valence-electron chi connectivity index (χ2n) is 9.40. The molecule has 0 saturated heterocycles. The lowest BCUT2D eigenvalue weighted by Gasteiger charge is -2.26. The molecule has 0 fully saturated rings. The molecular weight excluding hydrogens is 472 g/mol. The Kier molecular flexibility index (Phi) is 6.22. The van der Waals surface area contributed by atoms with Crippen LogP contribution in [0.2, 0.25) is 0 Å². The molecule has 1 amide bonds. The first kappa shape index (κ1) is 24.5. The molecule has 2 bridgehead atoms. The van der Waals surface area contributed by atoms with Crippen molar-refractivity contribution in [2.75, 3.05) is 13.2 Å². The quantitative estimate of drug-likeness (QED) is 0.445. The minimum atomic E-state index is -0.310. The maximum Gasteiger partial charge on any atom is 0.240 e. The molecule has 1 N–H and O–H groups in total. The van der Waals surface area contributed by atoms with Crippen molar-refractivity contribution in [3.8, 4) is 23.0 Å². The lowest BCUT2D eigenvalue weighted by molar-refractivity contribution is -0.130. The van der Waals surface area contributed by atoms with Crippen molar-refractivity contribution in [2.45, 2.75) is 47.3 Å². The van der Waals surface area contributed by atoms with Crippen molar-refractivity contribution in [2.24, 2.45) is 14.1 Å². The average molecular weight is 505 g/mol. The summed E-state index contributed by atoms with van der Waals surface area (Å²) in [6.07, 6.45) is 3.62. The number of hydrogen-bond acceptors (Lipinski definition) is 7.